The van der Waals surface area contributed by atoms with Gasteiger partial charge >= 0.3 is 0 Å². The van der Waals surface area contributed by atoms with Gasteiger partial charge in [0.05, 0.1) is 17.1 Å². The summed E-state index contributed by atoms with van der Waals surface area (Å²) in [4.78, 5) is 23.0. The Kier molecular flexibility index (Phi) is 7.15. The fourth-order valence-electron chi connectivity index (χ4n) is 2.52. The summed E-state index contributed by atoms with van der Waals surface area (Å²) in [6, 6.07) is 17.3. The zero-order valence-electron chi connectivity index (χ0n) is 15.8. The first-order chi connectivity index (χ1) is 14.0. The van der Waals surface area contributed by atoms with Gasteiger partial charge < -0.3 is 5.32 Å². The van der Waals surface area contributed by atoms with Crippen molar-refractivity contribution in [2.45, 2.75) is 28.7 Å². The summed E-state index contributed by atoms with van der Waals surface area (Å²) in [6.45, 7) is 3.53. The highest BCUT2D eigenvalue weighted by molar-refractivity contribution is 8.00. The van der Waals surface area contributed by atoms with Crippen molar-refractivity contribution in [1.82, 2.24) is 9.97 Å². The molecule has 0 aliphatic rings. The van der Waals surface area contributed by atoms with Gasteiger partial charge in [-0.25, -0.2) is 9.97 Å². The van der Waals surface area contributed by atoms with Crippen LogP contribution in [-0.4, -0.2) is 21.6 Å². The molecular weight excluding hydrogens is 424 g/mol. The van der Waals surface area contributed by atoms with Crippen LogP contribution in [-0.2, 0) is 4.79 Å². The van der Waals surface area contributed by atoms with Gasteiger partial charge in [-0.05, 0) is 50.2 Å². The Labute approximate surface area is 182 Å². The molecule has 0 atom stereocenters. The van der Waals surface area contributed by atoms with Gasteiger partial charge in [0, 0.05) is 14.8 Å². The third-order valence-electron chi connectivity index (χ3n) is 3.82. The van der Waals surface area contributed by atoms with Crippen molar-refractivity contribution in [3.05, 3.63) is 70.6 Å². The zero-order valence-corrected chi connectivity index (χ0v) is 18.2. The number of carbonyl (C=O) groups is 1. The van der Waals surface area contributed by atoms with Crippen LogP contribution < -0.4 is 5.32 Å². The van der Waals surface area contributed by atoms with Crippen LogP contribution in [0.3, 0.4) is 0 Å². The normalized spacial score (nSPS) is 10.4. The first kappa shape index (κ1) is 21.2. The predicted molar refractivity (Wildman–Crippen MR) is 118 cm³/mol. The smallest absolute Gasteiger partial charge is 0.234 e. The van der Waals surface area contributed by atoms with Gasteiger partial charge in [-0.1, -0.05) is 47.3 Å². The second-order valence-electron chi connectivity index (χ2n) is 6.04. The SMILES string of the molecule is Cc1nc(C)c(C#N)c(SCC(=O)Nc2ccccc2Sc2ccc(Cl)cc2)n1. The largest absolute Gasteiger partial charge is 0.324 e. The number of halogens is 1. The number of aryl methyl sites for hydroxylation is 2. The molecule has 0 bridgehead atoms. The van der Waals surface area contributed by atoms with E-state index >= 15 is 0 Å². The van der Waals surface area contributed by atoms with E-state index in [4.69, 9.17) is 11.6 Å². The van der Waals surface area contributed by atoms with Crippen molar-refractivity contribution in [2.24, 2.45) is 0 Å². The maximum Gasteiger partial charge on any atom is 0.234 e. The van der Waals surface area contributed by atoms with E-state index in [1.54, 1.807) is 25.6 Å². The lowest BCUT2D eigenvalue weighted by molar-refractivity contribution is -0.113. The second-order valence-corrected chi connectivity index (χ2v) is 8.55. The first-order valence-corrected chi connectivity index (χ1v) is 10.8. The Hall–Kier alpha value is -2.53. The molecule has 1 heterocycles. The average molecular weight is 441 g/mol. The molecule has 1 amide bonds. The summed E-state index contributed by atoms with van der Waals surface area (Å²) < 4.78 is 0. The second kappa shape index (κ2) is 9.79. The van der Waals surface area contributed by atoms with Crippen LogP contribution in [0.25, 0.3) is 0 Å². The van der Waals surface area contributed by atoms with E-state index in [1.807, 2.05) is 48.5 Å². The van der Waals surface area contributed by atoms with Crippen molar-refractivity contribution in [1.29, 1.82) is 5.26 Å². The van der Waals surface area contributed by atoms with Gasteiger partial charge in [-0.15, -0.1) is 0 Å². The minimum atomic E-state index is -0.169. The van der Waals surface area contributed by atoms with E-state index in [0.29, 0.717) is 27.1 Å². The number of carbonyl (C=O) groups excluding carboxylic acids is 1. The number of thioether (sulfide) groups is 1. The number of amides is 1. The van der Waals surface area contributed by atoms with Crippen LogP contribution in [0.5, 0.6) is 0 Å². The number of nitrogens with one attached hydrogen (secondary N) is 1. The molecular formula is C21H17ClN4OS2. The molecule has 0 saturated heterocycles. The lowest BCUT2D eigenvalue weighted by Gasteiger charge is -2.11. The number of hydrogen-bond donors (Lipinski definition) is 1. The monoisotopic (exact) mass is 440 g/mol. The van der Waals surface area contributed by atoms with Gasteiger partial charge in [0.15, 0.2) is 0 Å². The molecule has 3 rings (SSSR count). The molecule has 0 aliphatic heterocycles. The lowest BCUT2D eigenvalue weighted by Crippen LogP contribution is -2.15. The molecule has 0 spiro atoms. The number of nitrogens with zero attached hydrogens (tertiary/aromatic N) is 3. The number of hydrogen-bond acceptors (Lipinski definition) is 6. The fraction of sp³-hybridized carbons (Fsp3) is 0.143. The molecule has 0 aliphatic carbocycles. The highest BCUT2D eigenvalue weighted by atomic mass is 35.5. The van der Waals surface area contributed by atoms with E-state index in [1.165, 1.54) is 11.8 Å². The van der Waals surface area contributed by atoms with Crippen molar-refractivity contribution in [2.75, 3.05) is 11.1 Å². The van der Waals surface area contributed by atoms with E-state index in [9.17, 15) is 10.1 Å². The van der Waals surface area contributed by atoms with Crippen molar-refractivity contribution < 1.29 is 4.79 Å². The van der Waals surface area contributed by atoms with Gasteiger partial charge in [-0.2, -0.15) is 5.26 Å². The van der Waals surface area contributed by atoms with E-state index in [-0.39, 0.29) is 11.7 Å². The molecule has 0 unspecified atom stereocenters. The minimum Gasteiger partial charge on any atom is -0.324 e. The topological polar surface area (TPSA) is 78.7 Å². The summed E-state index contributed by atoms with van der Waals surface area (Å²) in [5.74, 6) is 0.552. The summed E-state index contributed by atoms with van der Waals surface area (Å²) in [5.41, 5.74) is 1.76. The summed E-state index contributed by atoms with van der Waals surface area (Å²) >= 11 is 8.72. The van der Waals surface area contributed by atoms with E-state index in [0.717, 1.165) is 15.5 Å². The number of benzene rings is 2. The highest BCUT2D eigenvalue weighted by Crippen LogP contribution is 2.34. The predicted octanol–water partition coefficient (Wildman–Crippen LogP) is 5.50. The number of para-hydroxylation sites is 1. The molecule has 5 nitrogen and oxygen atoms in total. The van der Waals surface area contributed by atoms with Crippen LogP contribution in [0.2, 0.25) is 5.02 Å². The molecule has 29 heavy (non-hydrogen) atoms. The third kappa shape index (κ3) is 5.73. The number of anilines is 1. The first-order valence-electron chi connectivity index (χ1n) is 8.66. The van der Waals surface area contributed by atoms with Crippen molar-refractivity contribution >= 4 is 46.7 Å². The summed E-state index contributed by atoms with van der Waals surface area (Å²) in [5, 5.41) is 13.5. The van der Waals surface area contributed by atoms with Crippen LogP contribution in [0.4, 0.5) is 5.69 Å². The van der Waals surface area contributed by atoms with Crippen LogP contribution >= 0.6 is 35.1 Å². The Bertz CT molecular complexity index is 1080. The van der Waals surface area contributed by atoms with Crippen LogP contribution in [0, 0.1) is 25.2 Å². The van der Waals surface area contributed by atoms with E-state index in [2.05, 4.69) is 21.4 Å². The highest BCUT2D eigenvalue weighted by Gasteiger charge is 2.14. The Balaban J connectivity index is 1.69. The fourth-order valence-corrected chi connectivity index (χ4v) is 4.43. The van der Waals surface area contributed by atoms with Crippen molar-refractivity contribution in [3.8, 4) is 6.07 Å². The maximum absolute atomic E-state index is 12.5. The molecule has 1 N–H and O–H groups in total. The van der Waals surface area contributed by atoms with Gasteiger partial charge in [-0.3, -0.25) is 4.79 Å². The van der Waals surface area contributed by atoms with Gasteiger partial charge in [0.1, 0.15) is 22.5 Å². The third-order valence-corrected chi connectivity index (χ3v) is 6.13. The van der Waals surface area contributed by atoms with Crippen LogP contribution in [0.1, 0.15) is 17.1 Å². The molecule has 146 valence electrons. The number of nitriles is 1. The molecule has 2 aromatic carbocycles. The molecule has 0 radical (unpaired) electrons. The number of aromatic nitrogens is 2. The molecule has 1 aromatic heterocycles. The summed E-state index contributed by atoms with van der Waals surface area (Å²) in [6.07, 6.45) is 0. The zero-order chi connectivity index (χ0) is 20.8. The molecule has 8 heteroatoms. The van der Waals surface area contributed by atoms with Gasteiger partial charge in [0.25, 0.3) is 0 Å². The average Bonchev–Trinajstić information content (AvgIpc) is 2.69. The quantitative estimate of drug-likeness (QED) is 0.402. The standard InChI is InChI=1S/C21H17ClN4OS2/c1-13-17(11-23)21(25-14(2)24-13)28-12-20(27)26-18-5-3-4-6-19(18)29-16-9-7-15(22)8-10-16/h3-10H,12H2,1-2H3,(H,26,27). The molecule has 0 saturated carbocycles. The van der Waals surface area contributed by atoms with Crippen molar-refractivity contribution in [3.63, 3.8) is 0 Å². The Morgan fingerprint density at radius 1 is 1.14 bits per heavy atom. The van der Waals surface area contributed by atoms with E-state index < -0.39 is 0 Å². The Morgan fingerprint density at radius 3 is 2.59 bits per heavy atom. The lowest BCUT2D eigenvalue weighted by atomic mass is 10.3. The molecule has 0 fully saturated rings. The molecule has 3 aromatic rings. The minimum absolute atomic E-state index is 0.143. The van der Waals surface area contributed by atoms with Gasteiger partial charge in [0.2, 0.25) is 5.91 Å². The Morgan fingerprint density at radius 2 is 1.86 bits per heavy atom. The number of rotatable bonds is 6. The maximum atomic E-state index is 12.5. The van der Waals surface area contributed by atoms with Crippen LogP contribution in [0.15, 0.2) is 63.3 Å². The summed E-state index contributed by atoms with van der Waals surface area (Å²) in [7, 11) is 0.